The third-order valence-corrected chi connectivity index (χ3v) is 2.35. The van der Waals surface area contributed by atoms with E-state index in [9.17, 15) is 4.79 Å². The van der Waals surface area contributed by atoms with Crippen molar-refractivity contribution < 1.29 is 9.53 Å². The van der Waals surface area contributed by atoms with Crippen LogP contribution in [0.2, 0.25) is 0 Å². The molecule has 3 heteroatoms. The van der Waals surface area contributed by atoms with Crippen LogP contribution in [0.15, 0.2) is 30.3 Å². The molecule has 0 spiro atoms. The van der Waals surface area contributed by atoms with Crippen molar-refractivity contribution in [2.75, 3.05) is 19.7 Å². The van der Waals surface area contributed by atoms with E-state index in [-0.39, 0.29) is 5.97 Å². The largest absolute Gasteiger partial charge is 0.465 e. The molecule has 1 aromatic carbocycles. The number of rotatable bonds is 6. The Hall–Kier alpha value is -1.35. The molecule has 0 aliphatic carbocycles. The molecule has 3 nitrogen and oxygen atoms in total. The highest BCUT2D eigenvalue weighted by atomic mass is 16.5. The average molecular weight is 221 g/mol. The Morgan fingerprint density at radius 2 is 1.94 bits per heavy atom. The third kappa shape index (κ3) is 4.45. The van der Waals surface area contributed by atoms with Crippen LogP contribution in [-0.4, -0.2) is 30.6 Å². The van der Waals surface area contributed by atoms with Gasteiger partial charge in [-0.2, -0.15) is 0 Å². The Balaban J connectivity index is 2.46. The first-order valence-electron chi connectivity index (χ1n) is 5.68. The number of likely N-dealkylation sites (N-methyl/N-ethyl adjacent to an activating group) is 1. The first-order chi connectivity index (χ1) is 7.76. The third-order valence-electron chi connectivity index (χ3n) is 2.35. The van der Waals surface area contributed by atoms with E-state index in [0.29, 0.717) is 13.2 Å². The quantitative estimate of drug-likeness (QED) is 0.689. The van der Waals surface area contributed by atoms with Gasteiger partial charge in [-0.05, 0) is 19.0 Å². The van der Waals surface area contributed by atoms with E-state index in [4.69, 9.17) is 4.74 Å². The van der Waals surface area contributed by atoms with Crippen LogP contribution in [0.5, 0.6) is 0 Å². The van der Waals surface area contributed by atoms with Crippen molar-refractivity contribution in [2.45, 2.75) is 20.4 Å². The molecular formula is C13H19NO2. The normalized spacial score (nSPS) is 10.4. The number of hydrogen-bond donors (Lipinski definition) is 0. The molecule has 0 saturated carbocycles. The Morgan fingerprint density at radius 3 is 2.50 bits per heavy atom. The van der Waals surface area contributed by atoms with Gasteiger partial charge in [0, 0.05) is 6.54 Å². The van der Waals surface area contributed by atoms with Crippen LogP contribution in [-0.2, 0) is 16.1 Å². The number of carbonyl (C=O) groups is 1. The van der Waals surface area contributed by atoms with Gasteiger partial charge in [0.25, 0.3) is 0 Å². The lowest BCUT2D eigenvalue weighted by molar-refractivity contribution is -0.144. The molecule has 16 heavy (non-hydrogen) atoms. The number of benzene rings is 1. The maximum absolute atomic E-state index is 11.3. The van der Waals surface area contributed by atoms with Crippen molar-refractivity contribution >= 4 is 5.97 Å². The van der Waals surface area contributed by atoms with Crippen LogP contribution < -0.4 is 0 Å². The zero-order valence-electron chi connectivity index (χ0n) is 9.98. The fourth-order valence-electron chi connectivity index (χ4n) is 1.51. The lowest BCUT2D eigenvalue weighted by atomic mass is 10.2. The van der Waals surface area contributed by atoms with Crippen molar-refractivity contribution in [3.63, 3.8) is 0 Å². The fraction of sp³-hybridized carbons (Fsp3) is 0.462. The van der Waals surface area contributed by atoms with Crippen LogP contribution in [0.4, 0.5) is 0 Å². The number of hydrogen-bond acceptors (Lipinski definition) is 3. The smallest absolute Gasteiger partial charge is 0.320 e. The molecule has 0 N–H and O–H groups in total. The molecule has 0 heterocycles. The molecule has 0 atom stereocenters. The van der Waals surface area contributed by atoms with E-state index in [2.05, 4.69) is 17.0 Å². The Bertz CT molecular complexity index is 311. The molecule has 0 aliphatic rings. The van der Waals surface area contributed by atoms with Gasteiger partial charge < -0.3 is 4.74 Å². The Morgan fingerprint density at radius 1 is 1.25 bits per heavy atom. The monoisotopic (exact) mass is 221 g/mol. The van der Waals surface area contributed by atoms with Gasteiger partial charge in [-0.3, -0.25) is 9.69 Å². The minimum Gasteiger partial charge on any atom is -0.465 e. The van der Waals surface area contributed by atoms with Crippen molar-refractivity contribution in [3.05, 3.63) is 35.9 Å². The molecule has 0 aromatic heterocycles. The molecule has 0 saturated heterocycles. The SMILES string of the molecule is CCOC(=O)CN(CC)Cc1ccccc1. The number of carbonyl (C=O) groups excluding carboxylic acids is 1. The van der Waals surface area contributed by atoms with Crippen LogP contribution in [0.1, 0.15) is 19.4 Å². The summed E-state index contributed by atoms with van der Waals surface area (Å²) in [5.41, 5.74) is 1.22. The number of esters is 1. The summed E-state index contributed by atoms with van der Waals surface area (Å²) in [6.07, 6.45) is 0. The van der Waals surface area contributed by atoms with Crippen LogP contribution in [0.3, 0.4) is 0 Å². The summed E-state index contributed by atoms with van der Waals surface area (Å²) >= 11 is 0. The maximum atomic E-state index is 11.3. The summed E-state index contributed by atoms with van der Waals surface area (Å²) in [5.74, 6) is -0.153. The highest BCUT2D eigenvalue weighted by Gasteiger charge is 2.09. The van der Waals surface area contributed by atoms with Gasteiger partial charge in [-0.25, -0.2) is 0 Å². The topological polar surface area (TPSA) is 29.5 Å². The van der Waals surface area contributed by atoms with Crippen LogP contribution >= 0.6 is 0 Å². The first-order valence-corrected chi connectivity index (χ1v) is 5.68. The van der Waals surface area contributed by atoms with E-state index in [1.807, 2.05) is 32.0 Å². The van der Waals surface area contributed by atoms with E-state index < -0.39 is 0 Å². The van der Waals surface area contributed by atoms with E-state index in [0.717, 1.165) is 13.1 Å². The predicted octanol–water partition coefficient (Wildman–Crippen LogP) is 2.07. The molecule has 0 fully saturated rings. The summed E-state index contributed by atoms with van der Waals surface area (Å²) in [4.78, 5) is 13.4. The van der Waals surface area contributed by atoms with Gasteiger partial charge in [0.1, 0.15) is 0 Å². The first kappa shape index (κ1) is 12.7. The lowest BCUT2D eigenvalue weighted by Crippen LogP contribution is -2.30. The molecule has 0 unspecified atom stereocenters. The van der Waals surface area contributed by atoms with Gasteiger partial charge >= 0.3 is 5.97 Å². The predicted molar refractivity (Wildman–Crippen MR) is 64.0 cm³/mol. The fourth-order valence-corrected chi connectivity index (χ4v) is 1.51. The van der Waals surface area contributed by atoms with Gasteiger partial charge in [-0.15, -0.1) is 0 Å². The lowest BCUT2D eigenvalue weighted by Gasteiger charge is -2.19. The standard InChI is InChI=1S/C13H19NO2/c1-3-14(11-13(15)16-4-2)10-12-8-6-5-7-9-12/h5-9H,3-4,10-11H2,1-2H3. The second kappa shape index (κ2) is 7.01. The molecule has 88 valence electrons. The van der Waals surface area contributed by atoms with Crippen molar-refractivity contribution in [1.29, 1.82) is 0 Å². The van der Waals surface area contributed by atoms with Gasteiger partial charge in [0.2, 0.25) is 0 Å². The van der Waals surface area contributed by atoms with Gasteiger partial charge in [0.15, 0.2) is 0 Å². The highest BCUT2D eigenvalue weighted by Crippen LogP contribution is 2.04. The zero-order valence-corrected chi connectivity index (χ0v) is 9.98. The zero-order chi connectivity index (χ0) is 11.8. The molecular weight excluding hydrogens is 202 g/mol. The van der Waals surface area contributed by atoms with Crippen molar-refractivity contribution in [3.8, 4) is 0 Å². The van der Waals surface area contributed by atoms with E-state index in [1.54, 1.807) is 0 Å². The second-order valence-electron chi connectivity index (χ2n) is 3.59. The molecule has 0 aliphatic heterocycles. The van der Waals surface area contributed by atoms with Crippen LogP contribution in [0, 0.1) is 0 Å². The minimum absolute atomic E-state index is 0.153. The average Bonchev–Trinajstić information content (AvgIpc) is 2.30. The second-order valence-corrected chi connectivity index (χ2v) is 3.59. The minimum atomic E-state index is -0.153. The van der Waals surface area contributed by atoms with Crippen molar-refractivity contribution in [1.82, 2.24) is 4.90 Å². The molecule has 0 amide bonds. The Kier molecular flexibility index (Phi) is 5.57. The summed E-state index contributed by atoms with van der Waals surface area (Å²) in [5, 5.41) is 0. The van der Waals surface area contributed by atoms with E-state index >= 15 is 0 Å². The molecule has 0 radical (unpaired) electrons. The summed E-state index contributed by atoms with van der Waals surface area (Å²) < 4.78 is 4.93. The van der Waals surface area contributed by atoms with E-state index in [1.165, 1.54) is 5.56 Å². The molecule has 0 bridgehead atoms. The van der Waals surface area contributed by atoms with Gasteiger partial charge in [-0.1, -0.05) is 37.3 Å². The summed E-state index contributed by atoms with van der Waals surface area (Å²) in [7, 11) is 0. The van der Waals surface area contributed by atoms with Gasteiger partial charge in [0.05, 0.1) is 13.2 Å². The maximum Gasteiger partial charge on any atom is 0.320 e. The molecule has 1 aromatic rings. The summed E-state index contributed by atoms with van der Waals surface area (Å²) in [6.45, 7) is 6.30. The highest BCUT2D eigenvalue weighted by molar-refractivity contribution is 5.71. The van der Waals surface area contributed by atoms with Crippen LogP contribution in [0.25, 0.3) is 0 Å². The number of ether oxygens (including phenoxy) is 1. The summed E-state index contributed by atoms with van der Waals surface area (Å²) in [6, 6.07) is 10.1. The number of nitrogens with zero attached hydrogens (tertiary/aromatic N) is 1. The van der Waals surface area contributed by atoms with Crippen molar-refractivity contribution in [2.24, 2.45) is 0 Å². The Labute approximate surface area is 97.0 Å². The molecule has 1 rings (SSSR count).